The van der Waals surface area contributed by atoms with Gasteiger partial charge in [0.05, 0.1) is 0 Å². The average molecular weight is 447 g/mol. The molecule has 4 nitrogen and oxygen atoms in total. The molecule has 0 aromatic heterocycles. The van der Waals surface area contributed by atoms with E-state index in [4.69, 9.17) is 9.16 Å². The SMILES string of the molecule is CC(=O)O[C@H]1CCC2C3C(=O)C=C4C[C@@H](O[Si](C)(C)C(C)(C)C)CCC4C3CC[C@@]21C. The van der Waals surface area contributed by atoms with Crippen LogP contribution in [-0.2, 0) is 18.8 Å². The number of ether oxygens (including phenoxy) is 1. The normalized spacial score (nSPS) is 40.5. The van der Waals surface area contributed by atoms with Gasteiger partial charge in [-0.2, -0.15) is 0 Å². The summed E-state index contributed by atoms with van der Waals surface area (Å²) in [5, 5.41) is 0.209. The first-order chi connectivity index (χ1) is 14.3. The van der Waals surface area contributed by atoms with E-state index in [0.717, 1.165) is 44.9 Å². The molecule has 0 radical (unpaired) electrons. The van der Waals surface area contributed by atoms with Gasteiger partial charge in [0.1, 0.15) is 6.10 Å². The quantitative estimate of drug-likeness (QED) is 0.390. The Bertz CT molecular complexity index is 779. The fourth-order valence-electron chi connectivity index (χ4n) is 7.07. The summed E-state index contributed by atoms with van der Waals surface area (Å²) in [6.45, 7) is 15.3. The van der Waals surface area contributed by atoms with Crippen LogP contribution in [0.5, 0.6) is 0 Å². The van der Waals surface area contributed by atoms with Crippen molar-refractivity contribution in [1.82, 2.24) is 0 Å². The van der Waals surface area contributed by atoms with Crippen molar-refractivity contribution in [3.63, 3.8) is 0 Å². The van der Waals surface area contributed by atoms with Crippen molar-refractivity contribution in [1.29, 1.82) is 0 Å². The molecular weight excluding hydrogens is 404 g/mol. The predicted octanol–water partition coefficient (Wildman–Crippen LogP) is 6.06. The van der Waals surface area contributed by atoms with Gasteiger partial charge in [0.15, 0.2) is 14.1 Å². The van der Waals surface area contributed by atoms with Crippen molar-refractivity contribution in [2.75, 3.05) is 0 Å². The van der Waals surface area contributed by atoms with Gasteiger partial charge in [-0.1, -0.05) is 33.3 Å². The predicted molar refractivity (Wildman–Crippen MR) is 125 cm³/mol. The number of carbonyl (C=O) groups excluding carboxylic acids is 2. The molecule has 0 saturated heterocycles. The maximum Gasteiger partial charge on any atom is 0.302 e. The van der Waals surface area contributed by atoms with E-state index in [2.05, 4.69) is 40.8 Å². The fraction of sp³-hybridized carbons (Fsp3) is 0.846. The van der Waals surface area contributed by atoms with Crippen LogP contribution in [0.25, 0.3) is 0 Å². The number of carbonyl (C=O) groups is 2. The molecule has 3 fully saturated rings. The van der Waals surface area contributed by atoms with Gasteiger partial charge in [0, 0.05) is 24.4 Å². The molecule has 4 aliphatic carbocycles. The Morgan fingerprint density at radius 2 is 1.84 bits per heavy atom. The van der Waals surface area contributed by atoms with Gasteiger partial charge in [-0.3, -0.25) is 9.59 Å². The molecule has 174 valence electrons. The molecule has 0 aromatic rings. The highest BCUT2D eigenvalue weighted by molar-refractivity contribution is 6.74. The number of ketones is 1. The van der Waals surface area contributed by atoms with Gasteiger partial charge in [-0.15, -0.1) is 0 Å². The number of esters is 1. The smallest absolute Gasteiger partial charge is 0.302 e. The molecule has 0 aliphatic heterocycles. The van der Waals surface area contributed by atoms with E-state index in [1.807, 2.05) is 6.08 Å². The van der Waals surface area contributed by atoms with Crippen molar-refractivity contribution >= 4 is 20.1 Å². The summed E-state index contributed by atoms with van der Waals surface area (Å²) in [6, 6.07) is 0. The van der Waals surface area contributed by atoms with Crippen LogP contribution in [0.15, 0.2) is 11.6 Å². The lowest BCUT2D eigenvalue weighted by Gasteiger charge is -2.52. The Hall–Kier alpha value is -0.943. The topological polar surface area (TPSA) is 52.6 Å². The molecule has 5 heteroatoms. The molecule has 4 rings (SSSR count). The second-order valence-electron chi connectivity index (χ2n) is 12.5. The third-order valence-corrected chi connectivity index (χ3v) is 14.3. The molecule has 31 heavy (non-hydrogen) atoms. The highest BCUT2D eigenvalue weighted by atomic mass is 28.4. The third kappa shape index (κ3) is 3.99. The highest BCUT2D eigenvalue weighted by Crippen LogP contribution is 2.61. The summed E-state index contributed by atoms with van der Waals surface area (Å²) in [5.41, 5.74) is 1.32. The number of allylic oxidation sites excluding steroid dienone is 1. The summed E-state index contributed by atoms with van der Waals surface area (Å²) in [5.74, 6) is 1.62. The van der Waals surface area contributed by atoms with Crippen LogP contribution < -0.4 is 0 Å². The second-order valence-corrected chi connectivity index (χ2v) is 17.3. The lowest BCUT2D eigenvalue weighted by atomic mass is 9.52. The third-order valence-electron chi connectivity index (χ3n) is 9.72. The zero-order valence-electron chi connectivity index (χ0n) is 20.6. The van der Waals surface area contributed by atoms with Crippen LogP contribution in [0.2, 0.25) is 18.1 Å². The van der Waals surface area contributed by atoms with Gasteiger partial charge < -0.3 is 9.16 Å². The van der Waals surface area contributed by atoms with Gasteiger partial charge in [0.25, 0.3) is 0 Å². The molecular formula is C26H42O4Si. The maximum absolute atomic E-state index is 13.4. The molecule has 0 aromatic carbocycles. The van der Waals surface area contributed by atoms with E-state index in [1.54, 1.807) is 0 Å². The second kappa shape index (κ2) is 7.83. The zero-order chi connectivity index (χ0) is 22.8. The number of rotatable bonds is 3. The summed E-state index contributed by atoms with van der Waals surface area (Å²) < 4.78 is 12.5. The molecule has 0 amide bonds. The van der Waals surface area contributed by atoms with Crippen LogP contribution in [0, 0.1) is 29.1 Å². The standard InChI is InChI=1S/C26H42O4Si/c1-16(27)29-23-11-10-21-24-20(12-13-26(21,23)5)19-9-8-18(14-17(19)15-22(24)28)30-31(6,7)25(2,3)4/h15,18-21,23-24H,8-14H2,1-7H3/t18-,19?,20?,21?,23-,24?,26-/m0/s1. The molecule has 0 N–H and O–H groups in total. The Labute approximate surface area is 189 Å². The summed E-state index contributed by atoms with van der Waals surface area (Å²) in [7, 11) is -1.80. The molecule has 0 bridgehead atoms. The van der Waals surface area contributed by atoms with Crippen molar-refractivity contribution in [3.8, 4) is 0 Å². The molecule has 0 spiro atoms. The molecule has 0 heterocycles. The number of fused-ring (bicyclic) bond motifs is 5. The van der Waals surface area contributed by atoms with Gasteiger partial charge >= 0.3 is 5.97 Å². The lowest BCUT2D eigenvalue weighted by molar-refractivity contribution is -0.156. The van der Waals surface area contributed by atoms with Crippen molar-refractivity contribution in [2.45, 2.75) is 110 Å². The average Bonchev–Trinajstić information content (AvgIpc) is 2.96. The van der Waals surface area contributed by atoms with E-state index in [1.165, 1.54) is 12.5 Å². The van der Waals surface area contributed by atoms with E-state index in [0.29, 0.717) is 23.5 Å². The highest BCUT2D eigenvalue weighted by Gasteiger charge is 2.59. The van der Waals surface area contributed by atoms with Gasteiger partial charge in [0.2, 0.25) is 0 Å². The Morgan fingerprint density at radius 3 is 2.48 bits per heavy atom. The van der Waals surface area contributed by atoms with Crippen LogP contribution in [-0.4, -0.2) is 32.3 Å². The zero-order valence-corrected chi connectivity index (χ0v) is 21.6. The lowest BCUT2D eigenvalue weighted by Crippen LogP contribution is -2.51. The first-order valence-corrected chi connectivity index (χ1v) is 15.3. The summed E-state index contributed by atoms with van der Waals surface area (Å²) in [4.78, 5) is 25.1. The van der Waals surface area contributed by atoms with Crippen LogP contribution in [0.4, 0.5) is 0 Å². The summed E-state index contributed by atoms with van der Waals surface area (Å²) in [6.07, 6.45) is 9.51. The Kier molecular flexibility index (Phi) is 5.86. The summed E-state index contributed by atoms with van der Waals surface area (Å²) >= 11 is 0. The minimum atomic E-state index is -1.80. The van der Waals surface area contributed by atoms with Crippen LogP contribution in [0.1, 0.15) is 79.6 Å². The van der Waals surface area contributed by atoms with Crippen molar-refractivity contribution < 1.29 is 18.8 Å². The van der Waals surface area contributed by atoms with Crippen molar-refractivity contribution in [3.05, 3.63) is 11.6 Å². The van der Waals surface area contributed by atoms with Crippen LogP contribution in [0.3, 0.4) is 0 Å². The van der Waals surface area contributed by atoms with Gasteiger partial charge in [-0.05, 0) is 86.9 Å². The molecule has 4 aliphatic rings. The van der Waals surface area contributed by atoms with E-state index in [9.17, 15) is 9.59 Å². The minimum absolute atomic E-state index is 0.0251. The molecule has 4 unspecified atom stereocenters. The molecule has 7 atom stereocenters. The Balaban J connectivity index is 1.52. The Morgan fingerprint density at radius 1 is 1.13 bits per heavy atom. The fourth-order valence-corrected chi connectivity index (χ4v) is 8.46. The van der Waals surface area contributed by atoms with Crippen molar-refractivity contribution in [2.24, 2.45) is 29.1 Å². The number of hydrogen-bond acceptors (Lipinski definition) is 4. The number of hydrogen-bond donors (Lipinski definition) is 0. The van der Waals surface area contributed by atoms with E-state index in [-0.39, 0.29) is 34.5 Å². The molecule has 3 saturated carbocycles. The first-order valence-electron chi connectivity index (χ1n) is 12.4. The monoisotopic (exact) mass is 446 g/mol. The van der Waals surface area contributed by atoms with Gasteiger partial charge in [-0.25, -0.2) is 0 Å². The van der Waals surface area contributed by atoms with E-state index < -0.39 is 8.32 Å². The first kappa shape index (κ1) is 23.2. The largest absolute Gasteiger partial charge is 0.462 e. The van der Waals surface area contributed by atoms with Crippen LogP contribution >= 0.6 is 0 Å². The minimum Gasteiger partial charge on any atom is -0.462 e. The van der Waals surface area contributed by atoms with E-state index >= 15 is 0 Å². The maximum atomic E-state index is 13.4.